The van der Waals surface area contributed by atoms with E-state index in [0.717, 1.165) is 36.1 Å². The number of hydrogen-bond donors (Lipinski definition) is 2. The normalized spacial score (nSPS) is 17.1. The highest BCUT2D eigenvalue weighted by Gasteiger charge is 2.24. The molecule has 150 valence electrons. The predicted octanol–water partition coefficient (Wildman–Crippen LogP) is 5.01. The van der Waals surface area contributed by atoms with Crippen LogP contribution in [0.3, 0.4) is 0 Å². The molecule has 0 unspecified atom stereocenters. The maximum absolute atomic E-state index is 8.87. The number of anilines is 2. The Balaban J connectivity index is 1.24. The number of para-hydroxylation sites is 1. The summed E-state index contributed by atoms with van der Waals surface area (Å²) >= 11 is 1.62. The Morgan fingerprint density at radius 3 is 3.03 bits per heavy atom. The maximum atomic E-state index is 8.87. The largest absolute Gasteiger partial charge is 0.357 e. The third-order valence-electron chi connectivity index (χ3n) is 5.55. The topological polar surface area (TPSA) is 80.6 Å². The standard InChI is InChI=1S/C23H22N6S/c24-11-18-7-8-19(12-25-18)27-23-28-22(15-30-23)17-5-3-9-29(13-17)14-20-10-16-4-1-2-6-21(16)26-20/h1-2,4,6-8,10,12,15,17,26H,3,5,9,13-14H2,(H,27,28)/t17-/m1/s1. The van der Waals surface area contributed by atoms with Crippen LogP contribution in [-0.2, 0) is 6.54 Å². The third kappa shape index (κ3) is 4.06. The van der Waals surface area contributed by atoms with Crippen LogP contribution in [0.2, 0.25) is 0 Å². The van der Waals surface area contributed by atoms with Crippen molar-refractivity contribution in [2.45, 2.75) is 25.3 Å². The number of rotatable bonds is 5. The minimum atomic E-state index is 0.414. The van der Waals surface area contributed by atoms with Crippen molar-refractivity contribution in [1.82, 2.24) is 19.9 Å². The Kier molecular flexibility index (Phi) is 5.18. The van der Waals surface area contributed by atoms with Gasteiger partial charge in [0.2, 0.25) is 0 Å². The number of hydrogen-bond acceptors (Lipinski definition) is 6. The molecule has 4 heterocycles. The average molecular weight is 415 g/mol. The van der Waals surface area contributed by atoms with E-state index >= 15 is 0 Å². The zero-order valence-electron chi connectivity index (χ0n) is 16.5. The van der Waals surface area contributed by atoms with Gasteiger partial charge in [0.25, 0.3) is 0 Å². The van der Waals surface area contributed by atoms with Crippen LogP contribution in [0, 0.1) is 11.3 Å². The lowest BCUT2D eigenvalue weighted by molar-refractivity contribution is 0.197. The number of pyridine rings is 1. The molecule has 1 aromatic carbocycles. The highest BCUT2D eigenvalue weighted by molar-refractivity contribution is 7.13. The van der Waals surface area contributed by atoms with Crippen molar-refractivity contribution in [1.29, 1.82) is 5.26 Å². The zero-order chi connectivity index (χ0) is 20.3. The van der Waals surface area contributed by atoms with Gasteiger partial charge in [-0.25, -0.2) is 9.97 Å². The Morgan fingerprint density at radius 2 is 2.20 bits per heavy atom. The summed E-state index contributed by atoms with van der Waals surface area (Å²) in [4.78, 5) is 15.0. The summed E-state index contributed by atoms with van der Waals surface area (Å²) in [5, 5.41) is 16.5. The summed E-state index contributed by atoms with van der Waals surface area (Å²) in [7, 11) is 0. The molecule has 1 atom stereocenters. The predicted molar refractivity (Wildman–Crippen MR) is 120 cm³/mol. The molecule has 7 heteroatoms. The molecule has 30 heavy (non-hydrogen) atoms. The second-order valence-corrected chi connectivity index (χ2v) is 8.56. The molecule has 0 saturated carbocycles. The van der Waals surface area contributed by atoms with E-state index in [1.807, 2.05) is 12.1 Å². The van der Waals surface area contributed by atoms with E-state index in [4.69, 9.17) is 10.2 Å². The van der Waals surface area contributed by atoms with Gasteiger partial charge in [-0.3, -0.25) is 4.90 Å². The second kappa shape index (κ2) is 8.27. The number of nitrogens with one attached hydrogen (secondary N) is 2. The van der Waals surface area contributed by atoms with Gasteiger partial charge in [-0.15, -0.1) is 11.3 Å². The number of nitriles is 1. The van der Waals surface area contributed by atoms with Gasteiger partial charge in [-0.2, -0.15) is 5.26 Å². The lowest BCUT2D eigenvalue weighted by Gasteiger charge is -2.31. The molecule has 1 aliphatic heterocycles. The number of nitrogens with zero attached hydrogens (tertiary/aromatic N) is 4. The first-order chi connectivity index (χ1) is 14.8. The summed E-state index contributed by atoms with van der Waals surface area (Å²) in [6.45, 7) is 3.09. The van der Waals surface area contributed by atoms with E-state index in [2.05, 4.69) is 55.9 Å². The number of likely N-dealkylation sites (tertiary alicyclic amines) is 1. The molecule has 3 aromatic heterocycles. The van der Waals surface area contributed by atoms with Crippen molar-refractivity contribution in [2.75, 3.05) is 18.4 Å². The SMILES string of the molecule is N#Cc1ccc(Nc2nc([C@@H]3CCCN(Cc4cc5ccccc5[nH]4)C3)cs2)cn1. The molecule has 5 rings (SSSR count). The van der Waals surface area contributed by atoms with E-state index < -0.39 is 0 Å². The molecule has 0 bridgehead atoms. The molecule has 1 saturated heterocycles. The van der Waals surface area contributed by atoms with Crippen LogP contribution in [0.25, 0.3) is 10.9 Å². The van der Waals surface area contributed by atoms with Crippen molar-refractivity contribution < 1.29 is 0 Å². The van der Waals surface area contributed by atoms with Gasteiger partial charge in [0.05, 0.1) is 17.6 Å². The molecular weight excluding hydrogens is 392 g/mol. The average Bonchev–Trinajstić information content (AvgIpc) is 3.41. The van der Waals surface area contributed by atoms with Crippen molar-refractivity contribution in [3.8, 4) is 6.07 Å². The van der Waals surface area contributed by atoms with Gasteiger partial charge >= 0.3 is 0 Å². The number of piperidine rings is 1. The molecule has 1 fully saturated rings. The highest BCUT2D eigenvalue weighted by atomic mass is 32.1. The molecule has 0 spiro atoms. The van der Waals surface area contributed by atoms with Crippen molar-refractivity contribution >= 4 is 33.1 Å². The Morgan fingerprint density at radius 1 is 1.27 bits per heavy atom. The molecule has 0 radical (unpaired) electrons. The summed E-state index contributed by atoms with van der Waals surface area (Å²) in [5.41, 5.74) is 4.89. The molecule has 2 N–H and O–H groups in total. The van der Waals surface area contributed by atoms with Crippen LogP contribution >= 0.6 is 11.3 Å². The van der Waals surface area contributed by atoms with Gasteiger partial charge in [0.15, 0.2) is 5.13 Å². The molecule has 0 aliphatic carbocycles. The van der Waals surface area contributed by atoms with Crippen LogP contribution in [0.1, 0.15) is 35.8 Å². The van der Waals surface area contributed by atoms with E-state index in [1.54, 1.807) is 23.6 Å². The Bertz CT molecular complexity index is 1150. The summed E-state index contributed by atoms with van der Waals surface area (Å²) in [6.07, 6.45) is 4.03. The number of aromatic amines is 1. The smallest absolute Gasteiger partial charge is 0.187 e. The molecule has 6 nitrogen and oxygen atoms in total. The van der Waals surface area contributed by atoms with Crippen LogP contribution in [0.15, 0.2) is 54.0 Å². The Labute approximate surface area is 179 Å². The van der Waals surface area contributed by atoms with Gasteiger partial charge in [-0.1, -0.05) is 18.2 Å². The van der Waals surface area contributed by atoms with E-state index in [9.17, 15) is 0 Å². The van der Waals surface area contributed by atoms with Crippen LogP contribution in [0.4, 0.5) is 10.8 Å². The fourth-order valence-electron chi connectivity index (χ4n) is 4.09. The fraction of sp³-hybridized carbons (Fsp3) is 0.261. The number of fused-ring (bicyclic) bond motifs is 1. The zero-order valence-corrected chi connectivity index (χ0v) is 17.3. The van der Waals surface area contributed by atoms with Gasteiger partial charge in [0, 0.05) is 35.6 Å². The summed E-state index contributed by atoms with van der Waals surface area (Å²) < 4.78 is 0. The minimum absolute atomic E-state index is 0.414. The third-order valence-corrected chi connectivity index (χ3v) is 6.33. The highest BCUT2D eigenvalue weighted by Crippen LogP contribution is 2.31. The van der Waals surface area contributed by atoms with E-state index in [1.165, 1.54) is 29.4 Å². The minimum Gasteiger partial charge on any atom is -0.357 e. The van der Waals surface area contributed by atoms with E-state index in [0.29, 0.717) is 11.6 Å². The van der Waals surface area contributed by atoms with Gasteiger partial charge < -0.3 is 10.3 Å². The lowest BCUT2D eigenvalue weighted by Crippen LogP contribution is -2.34. The number of thiazole rings is 1. The fourth-order valence-corrected chi connectivity index (χ4v) is 4.90. The molecule has 0 amide bonds. The number of H-pyrrole nitrogens is 1. The van der Waals surface area contributed by atoms with Gasteiger partial charge in [0.1, 0.15) is 11.8 Å². The van der Waals surface area contributed by atoms with Crippen LogP contribution in [-0.4, -0.2) is 32.9 Å². The molecular formula is C23H22N6S. The quantitative estimate of drug-likeness (QED) is 0.480. The van der Waals surface area contributed by atoms with Gasteiger partial charge in [-0.05, 0) is 49.0 Å². The first-order valence-electron chi connectivity index (χ1n) is 10.1. The molecule has 4 aromatic rings. The van der Waals surface area contributed by atoms with Crippen LogP contribution < -0.4 is 5.32 Å². The first kappa shape index (κ1) is 18.8. The van der Waals surface area contributed by atoms with E-state index in [-0.39, 0.29) is 0 Å². The van der Waals surface area contributed by atoms with Crippen molar-refractivity contribution in [3.63, 3.8) is 0 Å². The number of benzene rings is 1. The van der Waals surface area contributed by atoms with Crippen LogP contribution in [0.5, 0.6) is 0 Å². The van der Waals surface area contributed by atoms with Crippen molar-refractivity contribution in [3.05, 3.63) is 71.1 Å². The Hall–Kier alpha value is -3.21. The monoisotopic (exact) mass is 414 g/mol. The summed E-state index contributed by atoms with van der Waals surface area (Å²) in [6, 6.07) is 16.3. The van der Waals surface area contributed by atoms with Crippen molar-refractivity contribution in [2.24, 2.45) is 0 Å². The number of aromatic nitrogens is 3. The second-order valence-electron chi connectivity index (χ2n) is 7.70. The lowest BCUT2D eigenvalue weighted by atomic mass is 9.95. The molecule has 1 aliphatic rings. The summed E-state index contributed by atoms with van der Waals surface area (Å²) in [5.74, 6) is 0.453. The first-order valence-corrected chi connectivity index (χ1v) is 11.0. The maximum Gasteiger partial charge on any atom is 0.187 e.